The molecular formula is C15H17N3O. The first-order chi connectivity index (χ1) is 9.11. The zero-order valence-corrected chi connectivity index (χ0v) is 11.2. The Morgan fingerprint density at radius 1 is 1.37 bits per heavy atom. The van der Waals surface area contributed by atoms with E-state index in [4.69, 9.17) is 0 Å². The highest BCUT2D eigenvalue weighted by atomic mass is 16.1. The smallest absolute Gasteiger partial charge is 0.148 e. The van der Waals surface area contributed by atoms with Gasteiger partial charge in [0.15, 0.2) is 0 Å². The summed E-state index contributed by atoms with van der Waals surface area (Å²) >= 11 is 0. The van der Waals surface area contributed by atoms with Crippen molar-refractivity contribution in [2.24, 2.45) is 0 Å². The van der Waals surface area contributed by atoms with Crippen LogP contribution < -0.4 is 5.32 Å². The number of anilines is 1. The van der Waals surface area contributed by atoms with Crippen molar-refractivity contribution >= 4 is 23.1 Å². The van der Waals surface area contributed by atoms with Gasteiger partial charge in [0.1, 0.15) is 12.1 Å². The topological polar surface area (TPSA) is 54.9 Å². The number of carbonyl (C=O) groups excluding carboxylic acids is 1. The number of para-hydroxylation sites is 1. The van der Waals surface area contributed by atoms with E-state index in [9.17, 15) is 4.79 Å². The summed E-state index contributed by atoms with van der Waals surface area (Å²) in [7, 11) is 0. The molecule has 0 bridgehead atoms. The normalized spacial score (nSPS) is 16.3. The highest BCUT2D eigenvalue weighted by Crippen LogP contribution is 2.38. The monoisotopic (exact) mass is 255 g/mol. The van der Waals surface area contributed by atoms with Gasteiger partial charge in [0, 0.05) is 12.0 Å². The predicted molar refractivity (Wildman–Crippen MR) is 75.3 cm³/mol. The Balaban J connectivity index is 2.10. The lowest BCUT2D eigenvalue weighted by Crippen LogP contribution is -2.18. The Bertz CT molecular complexity index is 647. The average molecular weight is 255 g/mol. The Hall–Kier alpha value is -1.97. The van der Waals surface area contributed by atoms with Crippen LogP contribution in [0.3, 0.4) is 0 Å². The number of carbonyl (C=O) groups is 1. The summed E-state index contributed by atoms with van der Waals surface area (Å²) in [5.41, 5.74) is 3.69. The standard InChI is InChI=1S/C15H17N3O/c1-10-14(18-15(2)7-8-15)17-13-11(6-9-19)4-3-5-12(13)16-10/h3-5,9H,6-8H2,1-2H3,(H,17,18). The van der Waals surface area contributed by atoms with Crippen molar-refractivity contribution in [3.8, 4) is 0 Å². The second-order valence-electron chi connectivity index (χ2n) is 5.50. The molecule has 0 unspecified atom stereocenters. The second-order valence-corrected chi connectivity index (χ2v) is 5.50. The number of benzene rings is 1. The summed E-state index contributed by atoms with van der Waals surface area (Å²) < 4.78 is 0. The lowest BCUT2D eigenvalue weighted by Gasteiger charge is -2.15. The summed E-state index contributed by atoms with van der Waals surface area (Å²) in [6.45, 7) is 4.16. The molecule has 1 aliphatic carbocycles. The van der Waals surface area contributed by atoms with Gasteiger partial charge < -0.3 is 10.1 Å². The summed E-state index contributed by atoms with van der Waals surface area (Å²) in [5, 5.41) is 3.46. The molecule has 0 aliphatic heterocycles. The molecule has 0 saturated heterocycles. The van der Waals surface area contributed by atoms with Crippen LogP contribution in [0.15, 0.2) is 18.2 Å². The van der Waals surface area contributed by atoms with Crippen molar-refractivity contribution in [3.05, 3.63) is 29.5 Å². The van der Waals surface area contributed by atoms with E-state index < -0.39 is 0 Å². The van der Waals surface area contributed by atoms with Crippen LogP contribution in [0.4, 0.5) is 5.82 Å². The minimum Gasteiger partial charge on any atom is -0.363 e. The predicted octanol–water partition coefficient (Wildman–Crippen LogP) is 2.64. The van der Waals surface area contributed by atoms with E-state index in [0.717, 1.165) is 34.4 Å². The van der Waals surface area contributed by atoms with E-state index in [-0.39, 0.29) is 5.54 Å². The fourth-order valence-electron chi connectivity index (χ4n) is 2.19. The molecule has 0 amide bonds. The molecule has 4 heteroatoms. The van der Waals surface area contributed by atoms with E-state index in [2.05, 4.69) is 22.2 Å². The molecule has 1 saturated carbocycles. The summed E-state index contributed by atoms with van der Waals surface area (Å²) in [6.07, 6.45) is 3.63. The van der Waals surface area contributed by atoms with E-state index >= 15 is 0 Å². The first-order valence-electron chi connectivity index (χ1n) is 6.59. The van der Waals surface area contributed by atoms with Crippen LogP contribution in [0, 0.1) is 6.92 Å². The van der Waals surface area contributed by atoms with Crippen LogP contribution >= 0.6 is 0 Å². The first-order valence-corrected chi connectivity index (χ1v) is 6.59. The van der Waals surface area contributed by atoms with Crippen LogP contribution in [0.25, 0.3) is 11.0 Å². The largest absolute Gasteiger partial charge is 0.363 e. The van der Waals surface area contributed by atoms with Crippen molar-refractivity contribution < 1.29 is 4.79 Å². The average Bonchev–Trinajstić information content (AvgIpc) is 3.09. The lowest BCUT2D eigenvalue weighted by atomic mass is 10.1. The zero-order valence-electron chi connectivity index (χ0n) is 11.2. The Morgan fingerprint density at radius 2 is 2.16 bits per heavy atom. The minimum atomic E-state index is 0.173. The first kappa shape index (κ1) is 12.1. The van der Waals surface area contributed by atoms with Gasteiger partial charge in [0.05, 0.1) is 16.7 Å². The molecule has 3 rings (SSSR count). The number of nitrogens with one attached hydrogen (secondary N) is 1. The molecule has 1 aliphatic rings. The Morgan fingerprint density at radius 3 is 2.84 bits per heavy atom. The molecule has 1 fully saturated rings. The van der Waals surface area contributed by atoms with Crippen molar-refractivity contribution in [2.75, 3.05) is 5.32 Å². The second kappa shape index (κ2) is 4.30. The number of nitrogens with zero attached hydrogens (tertiary/aromatic N) is 2. The van der Waals surface area contributed by atoms with Crippen LogP contribution in [0.1, 0.15) is 31.0 Å². The van der Waals surface area contributed by atoms with Gasteiger partial charge in [0.2, 0.25) is 0 Å². The van der Waals surface area contributed by atoms with Crippen molar-refractivity contribution in [3.63, 3.8) is 0 Å². The number of aromatic nitrogens is 2. The van der Waals surface area contributed by atoms with Gasteiger partial charge in [-0.3, -0.25) is 0 Å². The highest BCUT2D eigenvalue weighted by Gasteiger charge is 2.37. The minimum absolute atomic E-state index is 0.173. The highest BCUT2D eigenvalue weighted by molar-refractivity contribution is 5.82. The van der Waals surface area contributed by atoms with Gasteiger partial charge in [-0.1, -0.05) is 12.1 Å². The van der Waals surface area contributed by atoms with Crippen molar-refractivity contribution in [1.82, 2.24) is 9.97 Å². The molecule has 4 nitrogen and oxygen atoms in total. The van der Waals surface area contributed by atoms with Crippen LogP contribution in [0.2, 0.25) is 0 Å². The molecule has 0 atom stereocenters. The molecular weight excluding hydrogens is 238 g/mol. The fraction of sp³-hybridized carbons (Fsp3) is 0.400. The maximum Gasteiger partial charge on any atom is 0.148 e. The van der Waals surface area contributed by atoms with E-state index in [1.165, 1.54) is 12.8 Å². The number of fused-ring (bicyclic) bond motifs is 1. The van der Waals surface area contributed by atoms with Gasteiger partial charge in [-0.25, -0.2) is 9.97 Å². The number of aryl methyl sites for hydroxylation is 1. The van der Waals surface area contributed by atoms with Crippen LogP contribution in [0.5, 0.6) is 0 Å². The molecule has 98 valence electrons. The molecule has 19 heavy (non-hydrogen) atoms. The van der Waals surface area contributed by atoms with Gasteiger partial charge in [-0.05, 0) is 38.3 Å². The number of hydrogen-bond donors (Lipinski definition) is 1. The fourth-order valence-corrected chi connectivity index (χ4v) is 2.19. The van der Waals surface area contributed by atoms with Gasteiger partial charge in [-0.15, -0.1) is 0 Å². The maximum absolute atomic E-state index is 10.7. The Labute approximate surface area is 112 Å². The van der Waals surface area contributed by atoms with Crippen molar-refractivity contribution in [1.29, 1.82) is 0 Å². The molecule has 1 aromatic carbocycles. The third-order valence-electron chi connectivity index (χ3n) is 3.68. The molecule has 0 spiro atoms. The number of hydrogen-bond acceptors (Lipinski definition) is 4. The summed E-state index contributed by atoms with van der Waals surface area (Å²) in [4.78, 5) is 20.0. The third-order valence-corrected chi connectivity index (χ3v) is 3.68. The molecule has 2 aromatic rings. The SMILES string of the molecule is Cc1nc2cccc(CC=O)c2nc1NC1(C)CC1. The molecule has 0 radical (unpaired) electrons. The van der Waals surface area contributed by atoms with Gasteiger partial charge >= 0.3 is 0 Å². The quantitative estimate of drug-likeness (QED) is 0.853. The number of rotatable bonds is 4. The van der Waals surface area contributed by atoms with E-state index in [1.807, 2.05) is 25.1 Å². The van der Waals surface area contributed by atoms with Crippen LogP contribution in [-0.2, 0) is 11.2 Å². The van der Waals surface area contributed by atoms with Gasteiger partial charge in [-0.2, -0.15) is 0 Å². The molecule has 1 aromatic heterocycles. The molecule has 1 N–H and O–H groups in total. The summed E-state index contributed by atoms with van der Waals surface area (Å²) in [5.74, 6) is 0.839. The Kier molecular flexibility index (Phi) is 2.73. The third kappa shape index (κ3) is 2.30. The zero-order chi connectivity index (χ0) is 13.5. The van der Waals surface area contributed by atoms with E-state index in [1.54, 1.807) is 0 Å². The number of aldehydes is 1. The lowest BCUT2D eigenvalue weighted by molar-refractivity contribution is -0.107. The van der Waals surface area contributed by atoms with Crippen LogP contribution in [-0.4, -0.2) is 21.8 Å². The maximum atomic E-state index is 10.7. The van der Waals surface area contributed by atoms with Crippen molar-refractivity contribution in [2.45, 2.75) is 38.6 Å². The molecule has 1 heterocycles. The van der Waals surface area contributed by atoms with E-state index in [0.29, 0.717) is 6.42 Å². The van der Waals surface area contributed by atoms with Gasteiger partial charge in [0.25, 0.3) is 0 Å². The summed E-state index contributed by atoms with van der Waals surface area (Å²) in [6, 6.07) is 5.79.